The van der Waals surface area contributed by atoms with Gasteiger partial charge in [0.25, 0.3) is 5.91 Å². The van der Waals surface area contributed by atoms with Gasteiger partial charge in [0.2, 0.25) is 0 Å². The summed E-state index contributed by atoms with van der Waals surface area (Å²) in [7, 11) is 0. The summed E-state index contributed by atoms with van der Waals surface area (Å²) in [6.45, 7) is 2.66. The van der Waals surface area contributed by atoms with Gasteiger partial charge in [0.1, 0.15) is 0 Å². The first-order chi connectivity index (χ1) is 8.22. The molecule has 0 radical (unpaired) electrons. The minimum absolute atomic E-state index is 0.00856. The zero-order valence-corrected chi connectivity index (χ0v) is 10.1. The maximum atomic E-state index is 12.3. The maximum absolute atomic E-state index is 12.3. The Morgan fingerprint density at radius 3 is 3.12 bits per heavy atom. The Morgan fingerprint density at radius 1 is 1.59 bits per heavy atom. The second-order valence-corrected chi connectivity index (χ2v) is 4.52. The smallest absolute Gasteiger partial charge is 0.254 e. The van der Waals surface area contributed by atoms with Crippen LogP contribution in [-0.4, -0.2) is 40.1 Å². The Kier molecular flexibility index (Phi) is 3.74. The van der Waals surface area contributed by atoms with Crippen LogP contribution in [0.5, 0.6) is 0 Å². The van der Waals surface area contributed by atoms with E-state index in [0.717, 1.165) is 31.5 Å². The Hall–Kier alpha value is -1.42. The van der Waals surface area contributed by atoms with Gasteiger partial charge in [-0.25, -0.2) is 0 Å². The van der Waals surface area contributed by atoms with E-state index in [-0.39, 0.29) is 18.6 Å². The van der Waals surface area contributed by atoms with E-state index >= 15 is 0 Å². The molecule has 1 aromatic heterocycles. The monoisotopic (exact) mass is 234 g/mol. The van der Waals surface area contributed by atoms with E-state index in [1.165, 1.54) is 0 Å². The van der Waals surface area contributed by atoms with Crippen LogP contribution in [0.25, 0.3) is 0 Å². The summed E-state index contributed by atoms with van der Waals surface area (Å²) < 4.78 is 0. The first-order valence-corrected chi connectivity index (χ1v) is 6.07. The molecule has 1 aliphatic rings. The number of carbonyl (C=O) groups excluding carboxylic acids is 1. The van der Waals surface area contributed by atoms with E-state index < -0.39 is 0 Å². The number of nitrogens with zero attached hydrogens (tertiary/aromatic N) is 2. The first kappa shape index (κ1) is 12.0. The number of aliphatic hydroxyl groups excluding tert-OH is 1. The van der Waals surface area contributed by atoms with Crippen LogP contribution in [0.1, 0.15) is 35.3 Å². The number of likely N-dealkylation sites (tertiary alicyclic amines) is 1. The van der Waals surface area contributed by atoms with Gasteiger partial charge < -0.3 is 10.0 Å². The van der Waals surface area contributed by atoms with Crippen LogP contribution in [0.3, 0.4) is 0 Å². The summed E-state index contributed by atoms with van der Waals surface area (Å²) in [5.74, 6) is 0.00856. The summed E-state index contributed by atoms with van der Waals surface area (Å²) in [5, 5.41) is 9.31. The number of hydrogen-bond donors (Lipinski definition) is 1. The van der Waals surface area contributed by atoms with Crippen LogP contribution in [0.2, 0.25) is 0 Å². The Balaban J connectivity index is 2.18. The van der Waals surface area contributed by atoms with Gasteiger partial charge in [0.15, 0.2) is 0 Å². The number of piperidine rings is 1. The van der Waals surface area contributed by atoms with Crippen LogP contribution in [0.4, 0.5) is 0 Å². The van der Waals surface area contributed by atoms with Crippen molar-refractivity contribution in [2.24, 2.45) is 0 Å². The standard InChI is InChI=1S/C13H18N2O2/c1-10-8-11(5-6-14-10)13(17)15-7-3-2-4-12(15)9-16/h5-6,8,12,16H,2-4,7,9H2,1H3. The number of aromatic nitrogens is 1. The molecule has 4 nitrogen and oxygen atoms in total. The second-order valence-electron chi connectivity index (χ2n) is 4.52. The predicted octanol–water partition coefficient (Wildman–Crippen LogP) is 1.38. The van der Waals surface area contributed by atoms with E-state index in [1.807, 2.05) is 6.92 Å². The van der Waals surface area contributed by atoms with E-state index in [1.54, 1.807) is 23.2 Å². The molecule has 1 unspecified atom stereocenters. The van der Waals surface area contributed by atoms with E-state index in [0.29, 0.717) is 5.56 Å². The van der Waals surface area contributed by atoms with Crippen molar-refractivity contribution in [3.63, 3.8) is 0 Å². The molecule has 2 rings (SSSR count). The van der Waals surface area contributed by atoms with Gasteiger partial charge in [0, 0.05) is 24.0 Å². The highest BCUT2D eigenvalue weighted by Gasteiger charge is 2.26. The Labute approximate surface area is 101 Å². The largest absolute Gasteiger partial charge is 0.394 e. The van der Waals surface area contributed by atoms with Crippen LogP contribution >= 0.6 is 0 Å². The molecule has 0 aliphatic carbocycles. The topological polar surface area (TPSA) is 53.4 Å². The number of amides is 1. The summed E-state index contributed by atoms with van der Waals surface area (Å²) in [6.07, 6.45) is 4.66. The fourth-order valence-corrected chi connectivity index (χ4v) is 2.30. The molecule has 1 atom stereocenters. The average Bonchev–Trinajstić information content (AvgIpc) is 2.38. The number of carbonyl (C=O) groups is 1. The highest BCUT2D eigenvalue weighted by Crippen LogP contribution is 2.19. The molecule has 1 saturated heterocycles. The zero-order valence-electron chi connectivity index (χ0n) is 10.1. The third kappa shape index (κ3) is 2.64. The van der Waals surface area contributed by atoms with Crippen LogP contribution in [0, 0.1) is 6.92 Å². The fourth-order valence-electron chi connectivity index (χ4n) is 2.30. The lowest BCUT2D eigenvalue weighted by Gasteiger charge is -2.34. The number of aryl methyl sites for hydroxylation is 1. The van der Waals surface area contributed by atoms with Gasteiger partial charge >= 0.3 is 0 Å². The normalized spacial score (nSPS) is 20.4. The molecule has 92 valence electrons. The van der Waals surface area contributed by atoms with E-state index in [2.05, 4.69) is 4.98 Å². The van der Waals surface area contributed by atoms with Crippen molar-refractivity contribution in [3.8, 4) is 0 Å². The molecule has 0 saturated carbocycles. The van der Waals surface area contributed by atoms with Crippen molar-refractivity contribution < 1.29 is 9.90 Å². The van der Waals surface area contributed by atoms with Gasteiger partial charge in [-0.05, 0) is 38.3 Å². The zero-order chi connectivity index (χ0) is 12.3. The number of rotatable bonds is 2. The Morgan fingerprint density at radius 2 is 2.41 bits per heavy atom. The van der Waals surface area contributed by atoms with Crippen LogP contribution < -0.4 is 0 Å². The molecule has 0 bridgehead atoms. The SMILES string of the molecule is Cc1cc(C(=O)N2CCCCC2CO)ccn1. The quantitative estimate of drug-likeness (QED) is 0.841. The van der Waals surface area contributed by atoms with Crippen molar-refractivity contribution >= 4 is 5.91 Å². The molecular formula is C13H18N2O2. The minimum Gasteiger partial charge on any atom is -0.394 e. The summed E-state index contributed by atoms with van der Waals surface area (Å²) in [4.78, 5) is 18.2. The maximum Gasteiger partial charge on any atom is 0.254 e. The molecular weight excluding hydrogens is 216 g/mol. The van der Waals surface area contributed by atoms with Crippen LogP contribution in [-0.2, 0) is 0 Å². The molecule has 0 spiro atoms. The van der Waals surface area contributed by atoms with Crippen molar-refractivity contribution in [2.45, 2.75) is 32.2 Å². The number of aliphatic hydroxyl groups is 1. The second kappa shape index (κ2) is 5.27. The molecule has 17 heavy (non-hydrogen) atoms. The highest BCUT2D eigenvalue weighted by molar-refractivity contribution is 5.94. The molecule has 1 N–H and O–H groups in total. The third-order valence-corrected chi connectivity index (χ3v) is 3.24. The predicted molar refractivity (Wildman–Crippen MR) is 64.7 cm³/mol. The lowest BCUT2D eigenvalue weighted by atomic mass is 10.0. The molecule has 0 aromatic carbocycles. The first-order valence-electron chi connectivity index (χ1n) is 6.07. The molecule has 1 amide bonds. The van der Waals surface area contributed by atoms with Crippen molar-refractivity contribution in [3.05, 3.63) is 29.6 Å². The minimum atomic E-state index is -0.0234. The molecule has 1 fully saturated rings. The average molecular weight is 234 g/mol. The van der Waals surface area contributed by atoms with Gasteiger partial charge in [-0.2, -0.15) is 0 Å². The highest BCUT2D eigenvalue weighted by atomic mass is 16.3. The lowest BCUT2D eigenvalue weighted by Crippen LogP contribution is -2.45. The Bertz CT molecular complexity index is 406. The lowest BCUT2D eigenvalue weighted by molar-refractivity contribution is 0.0503. The number of pyridine rings is 1. The van der Waals surface area contributed by atoms with Gasteiger partial charge in [-0.1, -0.05) is 0 Å². The van der Waals surface area contributed by atoms with Crippen molar-refractivity contribution in [1.29, 1.82) is 0 Å². The van der Waals surface area contributed by atoms with Crippen LogP contribution in [0.15, 0.2) is 18.3 Å². The summed E-state index contributed by atoms with van der Waals surface area (Å²) in [5.41, 5.74) is 1.51. The fraction of sp³-hybridized carbons (Fsp3) is 0.538. The number of hydrogen-bond acceptors (Lipinski definition) is 3. The summed E-state index contributed by atoms with van der Waals surface area (Å²) >= 11 is 0. The van der Waals surface area contributed by atoms with Gasteiger partial charge in [-0.3, -0.25) is 9.78 Å². The van der Waals surface area contributed by atoms with Gasteiger partial charge in [-0.15, -0.1) is 0 Å². The summed E-state index contributed by atoms with van der Waals surface area (Å²) in [6, 6.07) is 3.51. The third-order valence-electron chi connectivity index (χ3n) is 3.24. The van der Waals surface area contributed by atoms with Crippen molar-refractivity contribution in [2.75, 3.05) is 13.2 Å². The van der Waals surface area contributed by atoms with E-state index in [9.17, 15) is 9.90 Å². The van der Waals surface area contributed by atoms with Crippen molar-refractivity contribution in [1.82, 2.24) is 9.88 Å². The molecule has 4 heteroatoms. The van der Waals surface area contributed by atoms with Gasteiger partial charge in [0.05, 0.1) is 12.6 Å². The van der Waals surface area contributed by atoms with E-state index in [4.69, 9.17) is 0 Å². The molecule has 2 heterocycles. The molecule has 1 aromatic rings. The molecule has 1 aliphatic heterocycles.